The lowest BCUT2D eigenvalue weighted by Crippen LogP contribution is -2.18. The lowest BCUT2D eigenvalue weighted by molar-refractivity contribution is -0.121. The number of alkyl halides is 1. The van der Waals surface area contributed by atoms with Crippen LogP contribution >= 0.6 is 0 Å². The molecule has 0 aliphatic heterocycles. The molecule has 3 aromatic carbocycles. The summed E-state index contributed by atoms with van der Waals surface area (Å²) in [4.78, 5) is 16.8. The van der Waals surface area contributed by atoms with Crippen molar-refractivity contribution in [2.45, 2.75) is 6.17 Å². The summed E-state index contributed by atoms with van der Waals surface area (Å²) in [5.74, 6) is -0.708. The zero-order chi connectivity index (χ0) is 18.6. The average molecular weight is 356 g/mol. The highest BCUT2D eigenvalue weighted by molar-refractivity contribution is 6.06. The highest BCUT2D eigenvalue weighted by Gasteiger charge is 2.20. The van der Waals surface area contributed by atoms with Gasteiger partial charge in [-0.25, -0.2) is 4.39 Å². The number of hydrogen-bond acceptors (Lipinski definition) is 2. The van der Waals surface area contributed by atoms with Gasteiger partial charge >= 0.3 is 0 Å². The van der Waals surface area contributed by atoms with E-state index in [0.717, 1.165) is 16.5 Å². The number of anilines is 1. The summed E-state index contributed by atoms with van der Waals surface area (Å²) < 4.78 is 14.5. The Balaban J connectivity index is 1.70. The van der Waals surface area contributed by atoms with Gasteiger partial charge in [-0.15, -0.1) is 0 Å². The maximum atomic E-state index is 14.5. The van der Waals surface area contributed by atoms with Gasteiger partial charge in [0.15, 0.2) is 0 Å². The molecule has 3 nitrogen and oxygen atoms in total. The number of fused-ring (bicyclic) bond motifs is 1. The summed E-state index contributed by atoms with van der Waals surface area (Å²) in [5.41, 5.74) is 3.52. The second-order valence-corrected chi connectivity index (χ2v) is 6.19. The molecule has 27 heavy (non-hydrogen) atoms. The largest absolute Gasteiger partial charge is 0.321 e. The number of aromatic nitrogens is 1. The molecule has 0 spiro atoms. The number of nitrogens with zero attached hydrogens (tertiary/aromatic N) is 1. The molecule has 1 heterocycles. The second-order valence-electron chi connectivity index (χ2n) is 6.19. The summed E-state index contributed by atoms with van der Waals surface area (Å²) in [6.45, 7) is 0. The van der Waals surface area contributed by atoms with Crippen LogP contribution in [-0.2, 0) is 4.79 Å². The van der Waals surface area contributed by atoms with Crippen LogP contribution in [0.2, 0.25) is 0 Å². The molecule has 1 aromatic heterocycles. The van der Waals surface area contributed by atoms with Crippen molar-refractivity contribution in [3.63, 3.8) is 0 Å². The molecule has 0 bridgehead atoms. The molecule has 4 rings (SSSR count). The number of rotatable bonds is 4. The number of benzene rings is 3. The molecule has 0 radical (unpaired) electrons. The van der Waals surface area contributed by atoms with E-state index in [2.05, 4.69) is 10.3 Å². The summed E-state index contributed by atoms with van der Waals surface area (Å²) in [6, 6.07) is 25.8. The zero-order valence-electron chi connectivity index (χ0n) is 14.5. The van der Waals surface area contributed by atoms with Crippen molar-refractivity contribution in [3.05, 3.63) is 96.7 Å². The predicted octanol–water partition coefficient (Wildman–Crippen LogP) is 5.55. The van der Waals surface area contributed by atoms with Crippen LogP contribution in [0.3, 0.4) is 0 Å². The van der Waals surface area contributed by atoms with Crippen LogP contribution in [0.4, 0.5) is 10.1 Å². The third-order valence-electron chi connectivity index (χ3n) is 4.43. The van der Waals surface area contributed by atoms with Gasteiger partial charge in [0.05, 0.1) is 11.2 Å². The summed E-state index contributed by atoms with van der Waals surface area (Å²) in [5, 5.41) is 3.59. The van der Waals surface area contributed by atoms with Crippen molar-refractivity contribution in [2.75, 3.05) is 5.32 Å². The zero-order valence-corrected chi connectivity index (χ0v) is 14.5. The number of nitrogens with one attached hydrogen (secondary N) is 1. The summed E-state index contributed by atoms with van der Waals surface area (Å²) in [7, 11) is 0. The Bertz CT molecular complexity index is 1080. The Labute approximate surface area is 156 Å². The van der Waals surface area contributed by atoms with E-state index in [-0.39, 0.29) is 0 Å². The minimum absolute atomic E-state index is 0.327. The first kappa shape index (κ1) is 16.9. The van der Waals surface area contributed by atoms with Crippen LogP contribution in [0.15, 0.2) is 91.1 Å². The number of pyridine rings is 1. The van der Waals surface area contributed by atoms with Crippen LogP contribution in [0.25, 0.3) is 22.0 Å². The van der Waals surface area contributed by atoms with Gasteiger partial charge in [0, 0.05) is 11.6 Å². The van der Waals surface area contributed by atoms with E-state index in [9.17, 15) is 9.18 Å². The lowest BCUT2D eigenvalue weighted by atomic mass is 9.99. The molecule has 0 saturated heterocycles. The van der Waals surface area contributed by atoms with Gasteiger partial charge in [-0.2, -0.15) is 0 Å². The maximum Gasteiger partial charge on any atom is 0.263 e. The van der Waals surface area contributed by atoms with Crippen molar-refractivity contribution in [3.8, 4) is 11.1 Å². The van der Waals surface area contributed by atoms with Crippen LogP contribution in [0, 0.1) is 0 Å². The number of hydrogen-bond donors (Lipinski definition) is 1. The van der Waals surface area contributed by atoms with E-state index in [1.54, 1.807) is 42.6 Å². The van der Waals surface area contributed by atoms with E-state index < -0.39 is 12.1 Å². The number of halogens is 1. The number of amides is 1. The van der Waals surface area contributed by atoms with Gasteiger partial charge in [0.2, 0.25) is 6.17 Å². The highest BCUT2D eigenvalue weighted by atomic mass is 19.1. The van der Waals surface area contributed by atoms with Crippen molar-refractivity contribution in [1.29, 1.82) is 0 Å². The van der Waals surface area contributed by atoms with E-state index in [1.807, 2.05) is 48.5 Å². The fourth-order valence-corrected chi connectivity index (χ4v) is 3.11. The summed E-state index contributed by atoms with van der Waals surface area (Å²) in [6.07, 6.45) is -0.0737. The molecule has 132 valence electrons. The molecule has 1 N–H and O–H groups in total. The molecule has 1 amide bonds. The molecule has 0 saturated carbocycles. The Morgan fingerprint density at radius 3 is 2.30 bits per heavy atom. The smallest absolute Gasteiger partial charge is 0.263 e. The first-order valence-electron chi connectivity index (χ1n) is 8.67. The Kier molecular flexibility index (Phi) is 4.62. The van der Waals surface area contributed by atoms with Gasteiger partial charge < -0.3 is 5.32 Å². The van der Waals surface area contributed by atoms with Crippen LogP contribution in [-0.4, -0.2) is 10.9 Å². The highest BCUT2D eigenvalue weighted by Crippen LogP contribution is 2.32. The van der Waals surface area contributed by atoms with Crippen LogP contribution in [0.5, 0.6) is 0 Å². The van der Waals surface area contributed by atoms with Crippen molar-refractivity contribution < 1.29 is 9.18 Å². The van der Waals surface area contributed by atoms with Crippen molar-refractivity contribution >= 4 is 22.5 Å². The van der Waals surface area contributed by atoms with E-state index in [1.165, 1.54) is 0 Å². The number of carbonyl (C=O) groups excluding carboxylic acids is 1. The Morgan fingerprint density at radius 1 is 0.852 bits per heavy atom. The standard InChI is InChI=1S/C23H17FN2O/c24-21(17-10-5-2-6-11-17)23(27)26-20-14-13-18(16-8-3-1-4-9-16)19-12-7-15-25-22(19)20/h1-15,21H,(H,26,27). The first-order valence-corrected chi connectivity index (χ1v) is 8.67. The topological polar surface area (TPSA) is 42.0 Å². The van der Waals surface area contributed by atoms with E-state index >= 15 is 0 Å². The van der Waals surface area contributed by atoms with Crippen molar-refractivity contribution in [2.24, 2.45) is 0 Å². The third kappa shape index (κ3) is 3.42. The van der Waals surface area contributed by atoms with Gasteiger partial charge in [0.25, 0.3) is 5.91 Å². The minimum Gasteiger partial charge on any atom is -0.321 e. The molecule has 0 aliphatic carbocycles. The lowest BCUT2D eigenvalue weighted by Gasteiger charge is -2.13. The van der Waals surface area contributed by atoms with E-state index in [4.69, 9.17) is 0 Å². The average Bonchev–Trinajstić information content (AvgIpc) is 2.74. The monoisotopic (exact) mass is 356 g/mol. The van der Waals surface area contributed by atoms with Crippen LogP contribution in [0.1, 0.15) is 11.7 Å². The fourth-order valence-electron chi connectivity index (χ4n) is 3.11. The third-order valence-corrected chi connectivity index (χ3v) is 4.43. The molecular weight excluding hydrogens is 339 g/mol. The molecule has 1 unspecified atom stereocenters. The molecule has 4 heteroatoms. The Morgan fingerprint density at radius 2 is 1.56 bits per heavy atom. The first-order chi connectivity index (χ1) is 13.2. The second kappa shape index (κ2) is 7.38. The minimum atomic E-state index is -1.74. The van der Waals surface area contributed by atoms with Gasteiger partial charge in [-0.1, -0.05) is 72.8 Å². The number of carbonyl (C=O) groups is 1. The van der Waals surface area contributed by atoms with Gasteiger partial charge in [0.1, 0.15) is 0 Å². The molecule has 0 aliphatic rings. The quantitative estimate of drug-likeness (QED) is 0.521. The molecular formula is C23H17FN2O. The maximum absolute atomic E-state index is 14.5. The van der Waals surface area contributed by atoms with Crippen molar-refractivity contribution in [1.82, 2.24) is 4.98 Å². The predicted molar refractivity (Wildman–Crippen MR) is 106 cm³/mol. The van der Waals surface area contributed by atoms with E-state index in [0.29, 0.717) is 16.8 Å². The van der Waals surface area contributed by atoms with Gasteiger partial charge in [-0.3, -0.25) is 9.78 Å². The molecule has 0 fully saturated rings. The molecule has 1 atom stereocenters. The SMILES string of the molecule is O=C(Nc1ccc(-c2ccccc2)c2cccnc12)C(F)c1ccccc1. The fraction of sp³-hybridized carbons (Fsp3) is 0.0435. The normalized spacial score (nSPS) is 11.9. The Hall–Kier alpha value is -3.53. The van der Waals surface area contributed by atoms with Crippen LogP contribution < -0.4 is 5.32 Å². The summed E-state index contributed by atoms with van der Waals surface area (Å²) >= 11 is 0. The van der Waals surface area contributed by atoms with Gasteiger partial charge in [-0.05, 0) is 28.8 Å². The molecule has 4 aromatic rings.